The zero-order valence-corrected chi connectivity index (χ0v) is 6.36. The summed E-state index contributed by atoms with van der Waals surface area (Å²) in [7, 11) is 0. The van der Waals surface area contributed by atoms with Crippen LogP contribution in [0.15, 0.2) is 24.5 Å². The van der Waals surface area contributed by atoms with Crippen molar-refractivity contribution in [2.24, 2.45) is 0 Å². The Labute approximate surface area is 73.6 Å². The Morgan fingerprint density at radius 3 is 2.20 bits per heavy atom. The number of aromatic nitrogens is 1. The van der Waals surface area contributed by atoms with Crippen LogP contribution in [0.4, 0.5) is 0 Å². The number of pyridine rings is 1. The van der Waals surface area contributed by atoms with Gasteiger partial charge in [0.2, 0.25) is 0 Å². The third kappa shape index (κ3) is 2.31. The van der Waals surface area contributed by atoms with E-state index in [9.17, 15) is 9.90 Å². The van der Waals surface area contributed by atoms with E-state index in [-0.39, 0.29) is 27.9 Å². The number of carbonyl (C=O) groups excluding carboxylic acids is 1. The van der Waals surface area contributed by atoms with Gasteiger partial charge in [0.25, 0.3) is 0 Å². The van der Waals surface area contributed by atoms with Crippen LogP contribution in [0.25, 0.3) is 0 Å². The zero-order valence-electron chi connectivity index (χ0n) is 4.87. The van der Waals surface area contributed by atoms with Crippen molar-refractivity contribution in [3.63, 3.8) is 0 Å². The molecule has 56 valence electrons. The molecule has 10 heavy (non-hydrogen) atoms. The Balaban J connectivity index is 0.000000810. The molecule has 0 aliphatic rings. The molecule has 0 bridgehead atoms. The summed E-state index contributed by atoms with van der Waals surface area (Å²) in [5.41, 5.74) is 0.157. The van der Waals surface area contributed by atoms with E-state index >= 15 is 0 Å². The normalized spacial score (nSPS) is 8.00. The molecule has 0 radical (unpaired) electrons. The SMILES string of the molecule is O=C([O-])c1ccncc1.[Ag+]. The van der Waals surface area contributed by atoms with Gasteiger partial charge < -0.3 is 9.90 Å². The molecule has 0 saturated heterocycles. The fraction of sp³-hybridized carbons (Fsp3) is 0. The van der Waals surface area contributed by atoms with Crippen molar-refractivity contribution in [3.05, 3.63) is 30.1 Å². The summed E-state index contributed by atoms with van der Waals surface area (Å²) in [6.45, 7) is 0. The molecule has 0 spiro atoms. The van der Waals surface area contributed by atoms with Gasteiger partial charge >= 0.3 is 22.4 Å². The number of carbonyl (C=O) groups is 1. The van der Waals surface area contributed by atoms with Gasteiger partial charge in [-0.05, 0) is 12.1 Å². The smallest absolute Gasteiger partial charge is 0.545 e. The Morgan fingerprint density at radius 1 is 1.40 bits per heavy atom. The topological polar surface area (TPSA) is 53.0 Å². The second kappa shape index (κ2) is 4.22. The van der Waals surface area contributed by atoms with Crippen LogP contribution in [-0.4, -0.2) is 11.0 Å². The van der Waals surface area contributed by atoms with Crippen molar-refractivity contribution in [1.82, 2.24) is 4.98 Å². The van der Waals surface area contributed by atoms with Crippen LogP contribution in [0.3, 0.4) is 0 Å². The summed E-state index contributed by atoms with van der Waals surface area (Å²) in [5.74, 6) is -1.17. The van der Waals surface area contributed by atoms with Crippen molar-refractivity contribution < 1.29 is 32.3 Å². The van der Waals surface area contributed by atoms with Crippen molar-refractivity contribution in [3.8, 4) is 0 Å². The molecular weight excluding hydrogens is 226 g/mol. The van der Waals surface area contributed by atoms with Crippen LogP contribution in [0.5, 0.6) is 0 Å². The Morgan fingerprint density at radius 2 is 1.90 bits per heavy atom. The molecule has 0 unspecified atom stereocenters. The van der Waals surface area contributed by atoms with Gasteiger partial charge in [-0.2, -0.15) is 0 Å². The van der Waals surface area contributed by atoms with Gasteiger partial charge in [-0.15, -0.1) is 0 Å². The van der Waals surface area contributed by atoms with Gasteiger partial charge in [0.1, 0.15) is 0 Å². The van der Waals surface area contributed by atoms with Gasteiger partial charge in [0.05, 0.1) is 5.97 Å². The summed E-state index contributed by atoms with van der Waals surface area (Å²) in [5, 5.41) is 10.1. The number of aromatic carboxylic acids is 1. The molecule has 3 nitrogen and oxygen atoms in total. The second-order valence-corrected chi connectivity index (χ2v) is 1.52. The van der Waals surface area contributed by atoms with Crippen LogP contribution < -0.4 is 5.11 Å². The first-order valence-corrected chi connectivity index (χ1v) is 2.42. The van der Waals surface area contributed by atoms with Crippen molar-refractivity contribution in [2.45, 2.75) is 0 Å². The van der Waals surface area contributed by atoms with E-state index < -0.39 is 5.97 Å². The fourth-order valence-corrected chi connectivity index (χ4v) is 0.488. The molecule has 0 N–H and O–H groups in total. The van der Waals surface area contributed by atoms with Crippen LogP contribution in [0.2, 0.25) is 0 Å². The molecule has 0 amide bonds. The summed E-state index contributed by atoms with van der Waals surface area (Å²) in [6, 6.07) is 2.77. The van der Waals surface area contributed by atoms with Gasteiger partial charge in [-0.1, -0.05) is 0 Å². The molecule has 0 aromatic carbocycles. The summed E-state index contributed by atoms with van der Waals surface area (Å²) in [6.07, 6.45) is 2.82. The van der Waals surface area contributed by atoms with E-state index in [4.69, 9.17) is 0 Å². The number of hydrogen-bond donors (Lipinski definition) is 0. The molecule has 0 aliphatic heterocycles. The maximum absolute atomic E-state index is 10.1. The maximum Gasteiger partial charge on any atom is 1.00 e. The molecule has 1 aromatic rings. The van der Waals surface area contributed by atoms with Gasteiger partial charge in [-0.25, -0.2) is 0 Å². The van der Waals surface area contributed by atoms with Crippen molar-refractivity contribution in [1.29, 1.82) is 0 Å². The largest absolute Gasteiger partial charge is 1.00 e. The van der Waals surface area contributed by atoms with Crippen LogP contribution >= 0.6 is 0 Å². The van der Waals surface area contributed by atoms with Crippen LogP contribution in [0, 0.1) is 0 Å². The molecule has 1 heterocycles. The third-order valence-corrected chi connectivity index (χ3v) is 0.916. The van der Waals surface area contributed by atoms with Crippen LogP contribution in [0.1, 0.15) is 10.4 Å². The first-order valence-electron chi connectivity index (χ1n) is 2.42. The Hall–Kier alpha value is -0.640. The fourth-order valence-electron chi connectivity index (χ4n) is 0.488. The van der Waals surface area contributed by atoms with E-state index in [1.54, 1.807) is 0 Å². The van der Waals surface area contributed by atoms with E-state index in [2.05, 4.69) is 4.98 Å². The molecule has 0 atom stereocenters. The van der Waals surface area contributed by atoms with E-state index in [1.807, 2.05) is 0 Å². The first kappa shape index (κ1) is 9.36. The molecule has 0 saturated carbocycles. The number of rotatable bonds is 1. The van der Waals surface area contributed by atoms with E-state index in [0.717, 1.165) is 0 Å². The van der Waals surface area contributed by atoms with E-state index in [0.29, 0.717) is 0 Å². The minimum absolute atomic E-state index is 0. The van der Waals surface area contributed by atoms with Crippen molar-refractivity contribution in [2.75, 3.05) is 0 Å². The van der Waals surface area contributed by atoms with Gasteiger partial charge in [-0.3, -0.25) is 4.98 Å². The first-order chi connectivity index (χ1) is 4.30. The Bertz CT molecular complexity index is 212. The zero-order chi connectivity index (χ0) is 6.69. The molecule has 1 rings (SSSR count). The summed E-state index contributed by atoms with van der Waals surface area (Å²) < 4.78 is 0. The van der Waals surface area contributed by atoms with E-state index in [1.165, 1.54) is 24.5 Å². The van der Waals surface area contributed by atoms with Gasteiger partial charge in [0.15, 0.2) is 0 Å². The number of carboxylic acid groups (broad SMARTS) is 1. The predicted octanol–water partition coefficient (Wildman–Crippen LogP) is -0.557. The minimum Gasteiger partial charge on any atom is -0.545 e. The number of hydrogen-bond acceptors (Lipinski definition) is 3. The Kier molecular flexibility index (Phi) is 3.95. The molecular formula is C6H4AgNO2. The standard InChI is InChI=1S/C6H5NO2.Ag/c8-6(9)5-1-3-7-4-2-5;/h1-4H,(H,8,9);/q;+1/p-1. The third-order valence-electron chi connectivity index (χ3n) is 0.916. The van der Waals surface area contributed by atoms with Crippen molar-refractivity contribution >= 4 is 5.97 Å². The minimum atomic E-state index is -1.17. The number of nitrogens with zero attached hydrogens (tertiary/aromatic N) is 1. The van der Waals surface area contributed by atoms with Gasteiger partial charge in [0, 0.05) is 18.0 Å². The molecule has 4 heteroatoms. The monoisotopic (exact) mass is 229 g/mol. The molecule has 0 aliphatic carbocycles. The molecule has 0 fully saturated rings. The van der Waals surface area contributed by atoms with Crippen LogP contribution in [-0.2, 0) is 22.4 Å². The predicted molar refractivity (Wildman–Crippen MR) is 28.6 cm³/mol. The maximum atomic E-state index is 10.1. The average molecular weight is 230 g/mol. The molecule has 1 aromatic heterocycles. The number of carboxylic acids is 1. The average Bonchev–Trinajstić information content (AvgIpc) is 1.90. The summed E-state index contributed by atoms with van der Waals surface area (Å²) in [4.78, 5) is 13.7. The second-order valence-electron chi connectivity index (χ2n) is 1.52. The summed E-state index contributed by atoms with van der Waals surface area (Å²) >= 11 is 0. The quantitative estimate of drug-likeness (QED) is 0.607.